The predicted octanol–water partition coefficient (Wildman–Crippen LogP) is 3.85. The first-order valence-corrected chi connectivity index (χ1v) is 12.5. The summed E-state index contributed by atoms with van der Waals surface area (Å²) in [6.07, 6.45) is -0.434. The number of carbonyl (C=O) groups is 2. The summed E-state index contributed by atoms with van der Waals surface area (Å²) in [6.45, 7) is 2.91. The van der Waals surface area contributed by atoms with E-state index in [0.29, 0.717) is 58.6 Å². The molecule has 2 unspecified atom stereocenters. The zero-order valence-electron chi connectivity index (χ0n) is 21.1. The van der Waals surface area contributed by atoms with Gasteiger partial charge in [-0.05, 0) is 37.0 Å². The zero-order valence-corrected chi connectivity index (χ0v) is 21.1. The number of ether oxygens (including phenoxy) is 2. The summed E-state index contributed by atoms with van der Waals surface area (Å²) >= 11 is 0. The first kappa shape index (κ1) is 27.6. The number of amides is 3. The molecule has 2 aliphatic rings. The minimum Gasteiger partial charge on any atom is -0.465 e. The van der Waals surface area contributed by atoms with Crippen LogP contribution in [0.25, 0.3) is 0 Å². The molecule has 4 rings (SSSR count). The van der Waals surface area contributed by atoms with Gasteiger partial charge in [-0.3, -0.25) is 0 Å². The predicted molar refractivity (Wildman–Crippen MR) is 130 cm³/mol. The second-order valence-electron chi connectivity index (χ2n) is 9.67. The number of carboxylic acid groups (broad SMARTS) is 1. The normalized spacial score (nSPS) is 20.8. The van der Waals surface area contributed by atoms with Crippen molar-refractivity contribution >= 4 is 12.1 Å². The zero-order chi connectivity index (χ0) is 27.3. The van der Waals surface area contributed by atoms with Gasteiger partial charge in [-0.1, -0.05) is 12.1 Å². The van der Waals surface area contributed by atoms with Crippen molar-refractivity contribution in [3.63, 3.8) is 0 Å². The van der Waals surface area contributed by atoms with Gasteiger partial charge in [0.25, 0.3) is 0 Å². The molecule has 2 aliphatic heterocycles. The van der Waals surface area contributed by atoms with Gasteiger partial charge in [0.2, 0.25) is 0 Å². The first-order valence-electron chi connectivity index (χ1n) is 12.5. The van der Waals surface area contributed by atoms with E-state index in [9.17, 15) is 22.8 Å². The molecular weight excluding hydrogens is 507 g/mol. The van der Waals surface area contributed by atoms with Crippen molar-refractivity contribution in [2.24, 2.45) is 0 Å². The summed E-state index contributed by atoms with van der Waals surface area (Å²) in [5, 5.41) is 11.4. The molecule has 2 aromatic rings. The number of benzene rings is 1. The summed E-state index contributed by atoms with van der Waals surface area (Å²) in [6, 6.07) is 5.47. The van der Waals surface area contributed by atoms with Crippen molar-refractivity contribution in [1.82, 2.24) is 24.7 Å². The lowest BCUT2D eigenvalue weighted by Gasteiger charge is -2.41. The highest BCUT2D eigenvalue weighted by Crippen LogP contribution is 2.37. The van der Waals surface area contributed by atoms with E-state index in [1.807, 2.05) is 10.8 Å². The maximum absolute atomic E-state index is 13.5. The highest BCUT2D eigenvalue weighted by Gasteiger charge is 2.36. The van der Waals surface area contributed by atoms with Crippen LogP contribution in [0.1, 0.15) is 42.4 Å². The summed E-state index contributed by atoms with van der Waals surface area (Å²) < 4.78 is 48.9. The number of aromatic nitrogens is 2. The fourth-order valence-electron chi connectivity index (χ4n) is 5.15. The monoisotopic (exact) mass is 539 g/mol. The van der Waals surface area contributed by atoms with E-state index in [4.69, 9.17) is 9.84 Å². The van der Waals surface area contributed by atoms with Crippen molar-refractivity contribution in [1.29, 1.82) is 0 Å². The molecule has 0 radical (unpaired) electrons. The number of nitrogens with zero attached hydrogens (tertiary/aromatic N) is 4. The Morgan fingerprint density at radius 3 is 2.42 bits per heavy atom. The van der Waals surface area contributed by atoms with Gasteiger partial charge in [0.1, 0.15) is 5.75 Å². The summed E-state index contributed by atoms with van der Waals surface area (Å²) in [7, 11) is 1.62. The maximum atomic E-state index is 13.5. The molecule has 1 aromatic heterocycles. The fraction of sp³-hybridized carbons (Fsp3) is 0.560. The third-order valence-electron chi connectivity index (χ3n) is 7.02. The van der Waals surface area contributed by atoms with Crippen molar-refractivity contribution in [3.8, 4) is 5.75 Å². The number of alkyl halides is 3. The standard InChI is InChI=1S/C25H32F3N5O5/c1-37-11-10-31-15-22(29-16-31)19-12-18(17-2-4-21(5-3-17)38-25(26,27)28)13-33(14-19)24(36)32-8-6-20(7-9-32)30-23(34)35/h2-5,15-16,18-20,30H,6-14H2,1H3,(H,34,35). The fourth-order valence-corrected chi connectivity index (χ4v) is 5.15. The molecule has 3 amide bonds. The molecule has 3 heterocycles. The minimum atomic E-state index is -4.77. The molecule has 10 nitrogen and oxygen atoms in total. The number of hydrogen-bond acceptors (Lipinski definition) is 5. The first-order chi connectivity index (χ1) is 18.1. The average Bonchev–Trinajstić information content (AvgIpc) is 3.35. The summed E-state index contributed by atoms with van der Waals surface area (Å²) in [4.78, 5) is 32.5. The van der Waals surface area contributed by atoms with Crippen molar-refractivity contribution in [2.45, 2.75) is 50.0 Å². The van der Waals surface area contributed by atoms with Gasteiger partial charge in [-0.15, -0.1) is 13.2 Å². The number of imidazole rings is 1. The Kier molecular flexibility index (Phi) is 8.65. The Morgan fingerprint density at radius 1 is 1.11 bits per heavy atom. The molecule has 0 aliphatic carbocycles. The Hall–Kier alpha value is -3.48. The molecule has 208 valence electrons. The Bertz CT molecular complexity index is 1090. The van der Waals surface area contributed by atoms with E-state index >= 15 is 0 Å². The number of methoxy groups -OCH3 is 1. The molecule has 0 spiro atoms. The third-order valence-corrected chi connectivity index (χ3v) is 7.02. The minimum absolute atomic E-state index is 0.0705. The molecule has 38 heavy (non-hydrogen) atoms. The third kappa shape index (κ3) is 7.30. The van der Waals surface area contributed by atoms with E-state index in [2.05, 4.69) is 15.0 Å². The number of urea groups is 1. The van der Waals surface area contributed by atoms with Gasteiger partial charge in [0, 0.05) is 63.9 Å². The molecule has 1 aromatic carbocycles. The van der Waals surface area contributed by atoms with Crippen molar-refractivity contribution in [3.05, 3.63) is 48.0 Å². The average molecular weight is 540 g/mol. The lowest BCUT2D eigenvalue weighted by atomic mass is 9.83. The number of hydrogen-bond donors (Lipinski definition) is 2. The van der Waals surface area contributed by atoms with Crippen LogP contribution in [0.4, 0.5) is 22.8 Å². The van der Waals surface area contributed by atoms with Crippen LogP contribution in [0.5, 0.6) is 5.75 Å². The molecule has 2 saturated heterocycles. The second kappa shape index (κ2) is 11.9. The van der Waals surface area contributed by atoms with Crippen molar-refractivity contribution < 1.29 is 37.3 Å². The lowest BCUT2D eigenvalue weighted by molar-refractivity contribution is -0.274. The molecule has 2 atom stereocenters. The number of halogens is 3. The van der Waals surface area contributed by atoms with Crippen LogP contribution in [0.15, 0.2) is 36.8 Å². The van der Waals surface area contributed by atoms with E-state index in [0.717, 1.165) is 11.3 Å². The Morgan fingerprint density at radius 2 is 1.79 bits per heavy atom. The van der Waals surface area contributed by atoms with Gasteiger partial charge in [0.15, 0.2) is 0 Å². The molecule has 13 heteroatoms. The van der Waals surface area contributed by atoms with Gasteiger partial charge < -0.3 is 34.3 Å². The largest absolute Gasteiger partial charge is 0.573 e. The van der Waals surface area contributed by atoms with E-state index < -0.39 is 12.5 Å². The molecule has 0 saturated carbocycles. The van der Waals surface area contributed by atoms with Crippen LogP contribution in [0, 0.1) is 0 Å². The number of piperidine rings is 2. The molecule has 0 bridgehead atoms. The van der Waals surface area contributed by atoms with Crippen molar-refractivity contribution in [2.75, 3.05) is 39.9 Å². The van der Waals surface area contributed by atoms with E-state index in [-0.39, 0.29) is 29.7 Å². The molecular formula is C25H32F3N5O5. The smallest absolute Gasteiger partial charge is 0.465 e. The molecule has 2 N–H and O–H groups in total. The highest BCUT2D eigenvalue weighted by atomic mass is 19.4. The van der Waals surface area contributed by atoms with Gasteiger partial charge in [-0.2, -0.15) is 0 Å². The Labute approximate surface area is 218 Å². The summed E-state index contributed by atoms with van der Waals surface area (Å²) in [5.74, 6) is -0.483. The topological polar surface area (TPSA) is 109 Å². The van der Waals surface area contributed by atoms with Crippen LogP contribution in [0.2, 0.25) is 0 Å². The number of carbonyl (C=O) groups excluding carboxylic acids is 1. The van der Waals surface area contributed by atoms with E-state index in [1.54, 1.807) is 35.4 Å². The van der Waals surface area contributed by atoms with Crippen LogP contribution in [0.3, 0.4) is 0 Å². The van der Waals surface area contributed by atoms with Crippen LogP contribution in [-0.2, 0) is 11.3 Å². The maximum Gasteiger partial charge on any atom is 0.573 e. The van der Waals surface area contributed by atoms with Crippen LogP contribution >= 0.6 is 0 Å². The van der Waals surface area contributed by atoms with Gasteiger partial charge in [0.05, 0.1) is 18.6 Å². The lowest BCUT2D eigenvalue weighted by Crippen LogP contribution is -2.53. The number of likely N-dealkylation sites (tertiary alicyclic amines) is 2. The van der Waals surface area contributed by atoms with E-state index in [1.165, 1.54) is 12.1 Å². The summed E-state index contributed by atoms with van der Waals surface area (Å²) in [5.41, 5.74) is 1.65. The SMILES string of the molecule is COCCn1cnc(C2CC(c3ccc(OC(F)(F)F)cc3)CN(C(=O)N3CCC(NC(=O)O)CC3)C2)c1. The Balaban J connectivity index is 1.50. The van der Waals surface area contributed by atoms with Gasteiger partial charge >= 0.3 is 18.5 Å². The molecule has 2 fully saturated rings. The highest BCUT2D eigenvalue weighted by molar-refractivity contribution is 5.75. The number of nitrogens with one attached hydrogen (secondary N) is 1. The number of rotatable bonds is 7. The van der Waals surface area contributed by atoms with Gasteiger partial charge in [-0.25, -0.2) is 14.6 Å². The van der Waals surface area contributed by atoms with Crippen LogP contribution < -0.4 is 10.1 Å². The second-order valence-corrected chi connectivity index (χ2v) is 9.67. The van der Waals surface area contributed by atoms with Crippen LogP contribution in [-0.4, -0.2) is 88.9 Å². The quantitative estimate of drug-likeness (QED) is 0.553.